The number of carbonyl (C=O) groups is 2. The molecule has 114 valence electrons. The van der Waals surface area contributed by atoms with Crippen molar-refractivity contribution in [2.24, 2.45) is 5.92 Å². The van der Waals surface area contributed by atoms with E-state index in [4.69, 9.17) is 9.84 Å². The minimum absolute atomic E-state index is 0.124. The number of nitrogens with zero attached hydrogens (tertiary/aromatic N) is 1. The number of morpholine rings is 1. The van der Waals surface area contributed by atoms with Crippen molar-refractivity contribution in [3.05, 3.63) is 29.8 Å². The van der Waals surface area contributed by atoms with Crippen LogP contribution in [0.3, 0.4) is 0 Å². The van der Waals surface area contributed by atoms with Crippen LogP contribution in [-0.4, -0.2) is 49.8 Å². The fourth-order valence-corrected chi connectivity index (χ4v) is 2.08. The average Bonchev–Trinajstić information content (AvgIpc) is 2.53. The Labute approximate surface area is 123 Å². The molecule has 2 rings (SSSR count). The van der Waals surface area contributed by atoms with Gasteiger partial charge in [-0.3, -0.25) is 9.59 Å². The molecule has 1 saturated heterocycles. The van der Waals surface area contributed by atoms with Gasteiger partial charge in [0.05, 0.1) is 19.1 Å². The number of carboxylic acid groups (broad SMARTS) is 1. The van der Waals surface area contributed by atoms with Crippen LogP contribution in [0.25, 0.3) is 0 Å². The monoisotopic (exact) mass is 292 g/mol. The molecule has 1 unspecified atom stereocenters. The summed E-state index contributed by atoms with van der Waals surface area (Å²) in [5, 5.41) is 11.4. The fraction of sp³-hybridized carbons (Fsp3) is 0.467. The number of anilines is 1. The predicted octanol–water partition coefficient (Wildman–Crippen LogP) is 0.974. The van der Waals surface area contributed by atoms with Gasteiger partial charge in [-0.15, -0.1) is 0 Å². The maximum atomic E-state index is 11.9. The summed E-state index contributed by atoms with van der Waals surface area (Å²) in [6.07, 6.45) is 0. The molecule has 0 saturated carbocycles. The topological polar surface area (TPSA) is 78.9 Å². The van der Waals surface area contributed by atoms with Crippen molar-refractivity contribution in [3.63, 3.8) is 0 Å². The molecule has 1 aliphatic rings. The van der Waals surface area contributed by atoms with Crippen LogP contribution < -0.4 is 10.2 Å². The van der Waals surface area contributed by atoms with E-state index in [1.54, 1.807) is 19.1 Å². The Balaban J connectivity index is 1.91. The number of carbonyl (C=O) groups excluding carboxylic acids is 1. The summed E-state index contributed by atoms with van der Waals surface area (Å²) < 4.78 is 5.30. The van der Waals surface area contributed by atoms with E-state index in [1.807, 2.05) is 12.1 Å². The summed E-state index contributed by atoms with van der Waals surface area (Å²) in [7, 11) is 0. The molecule has 0 aliphatic carbocycles. The van der Waals surface area contributed by atoms with Crippen LogP contribution >= 0.6 is 0 Å². The Hall–Kier alpha value is -2.08. The van der Waals surface area contributed by atoms with Crippen molar-refractivity contribution in [2.45, 2.75) is 6.92 Å². The second-order valence-corrected chi connectivity index (χ2v) is 5.10. The highest BCUT2D eigenvalue weighted by molar-refractivity contribution is 5.94. The lowest BCUT2D eigenvalue weighted by Crippen LogP contribution is -2.36. The Morgan fingerprint density at radius 3 is 2.48 bits per heavy atom. The van der Waals surface area contributed by atoms with Gasteiger partial charge in [0, 0.05) is 30.9 Å². The summed E-state index contributed by atoms with van der Waals surface area (Å²) in [4.78, 5) is 24.8. The van der Waals surface area contributed by atoms with E-state index in [0.29, 0.717) is 5.56 Å². The van der Waals surface area contributed by atoms with E-state index in [2.05, 4.69) is 10.2 Å². The first-order valence-corrected chi connectivity index (χ1v) is 7.01. The number of carboxylic acids is 1. The zero-order valence-corrected chi connectivity index (χ0v) is 12.0. The van der Waals surface area contributed by atoms with Gasteiger partial charge in [0.2, 0.25) is 0 Å². The van der Waals surface area contributed by atoms with Crippen LogP contribution in [0.1, 0.15) is 17.3 Å². The molecule has 6 heteroatoms. The van der Waals surface area contributed by atoms with Crippen LogP contribution in [0.2, 0.25) is 0 Å². The number of ether oxygens (including phenoxy) is 1. The molecular weight excluding hydrogens is 272 g/mol. The first-order valence-electron chi connectivity index (χ1n) is 7.01. The number of nitrogens with one attached hydrogen (secondary N) is 1. The first kappa shape index (κ1) is 15.3. The highest BCUT2D eigenvalue weighted by Crippen LogP contribution is 2.16. The molecule has 1 fully saturated rings. The maximum absolute atomic E-state index is 11.9. The average molecular weight is 292 g/mol. The SMILES string of the molecule is CC(CNC(=O)c1ccc(N2CCOCC2)cc1)C(=O)O. The van der Waals surface area contributed by atoms with E-state index in [9.17, 15) is 9.59 Å². The maximum Gasteiger partial charge on any atom is 0.308 e. The minimum atomic E-state index is -0.919. The van der Waals surface area contributed by atoms with Gasteiger partial charge in [0.15, 0.2) is 0 Å². The van der Waals surface area contributed by atoms with Crippen molar-refractivity contribution < 1.29 is 19.4 Å². The molecule has 1 aromatic rings. The zero-order valence-electron chi connectivity index (χ0n) is 12.0. The van der Waals surface area contributed by atoms with Crippen LogP contribution in [0, 0.1) is 5.92 Å². The van der Waals surface area contributed by atoms with Gasteiger partial charge >= 0.3 is 5.97 Å². The second kappa shape index (κ2) is 7.08. The minimum Gasteiger partial charge on any atom is -0.481 e. The molecule has 0 aromatic heterocycles. The third kappa shape index (κ3) is 4.19. The van der Waals surface area contributed by atoms with Crippen LogP contribution in [0.4, 0.5) is 5.69 Å². The molecule has 0 bridgehead atoms. The van der Waals surface area contributed by atoms with E-state index >= 15 is 0 Å². The van der Waals surface area contributed by atoms with Crippen molar-refractivity contribution in [3.8, 4) is 0 Å². The summed E-state index contributed by atoms with van der Waals surface area (Å²) in [6, 6.07) is 7.32. The third-order valence-electron chi connectivity index (χ3n) is 3.50. The first-order chi connectivity index (χ1) is 10.1. The number of aliphatic carboxylic acids is 1. The molecule has 1 aromatic carbocycles. The summed E-state index contributed by atoms with van der Waals surface area (Å²) in [5.41, 5.74) is 1.60. The Bertz CT molecular complexity index is 495. The van der Waals surface area contributed by atoms with Gasteiger partial charge in [-0.1, -0.05) is 6.92 Å². The van der Waals surface area contributed by atoms with Gasteiger partial charge in [-0.25, -0.2) is 0 Å². The van der Waals surface area contributed by atoms with Gasteiger partial charge in [-0.2, -0.15) is 0 Å². The molecule has 1 aliphatic heterocycles. The second-order valence-electron chi connectivity index (χ2n) is 5.10. The van der Waals surface area contributed by atoms with E-state index in [1.165, 1.54) is 0 Å². The quantitative estimate of drug-likeness (QED) is 0.845. The van der Waals surface area contributed by atoms with Gasteiger partial charge in [0.25, 0.3) is 5.91 Å². The summed E-state index contributed by atoms with van der Waals surface area (Å²) >= 11 is 0. The zero-order chi connectivity index (χ0) is 15.2. The molecule has 1 atom stereocenters. The smallest absolute Gasteiger partial charge is 0.308 e. The normalized spacial score (nSPS) is 16.3. The standard InChI is InChI=1S/C15H20N2O4/c1-11(15(19)20)10-16-14(18)12-2-4-13(5-3-12)17-6-8-21-9-7-17/h2-5,11H,6-10H2,1H3,(H,16,18)(H,19,20). The van der Waals surface area contributed by atoms with Crippen molar-refractivity contribution in [2.75, 3.05) is 37.7 Å². The number of rotatable bonds is 5. The van der Waals surface area contributed by atoms with Gasteiger partial charge in [0.1, 0.15) is 0 Å². The molecule has 6 nitrogen and oxygen atoms in total. The van der Waals surface area contributed by atoms with Crippen molar-refractivity contribution >= 4 is 17.6 Å². The highest BCUT2D eigenvalue weighted by Gasteiger charge is 2.14. The number of hydrogen-bond acceptors (Lipinski definition) is 4. The molecule has 1 amide bonds. The Morgan fingerprint density at radius 1 is 1.29 bits per heavy atom. The number of benzene rings is 1. The Kier molecular flexibility index (Phi) is 5.16. The highest BCUT2D eigenvalue weighted by atomic mass is 16.5. The molecular formula is C15H20N2O4. The van der Waals surface area contributed by atoms with Gasteiger partial charge < -0.3 is 20.1 Å². The molecule has 21 heavy (non-hydrogen) atoms. The molecule has 0 radical (unpaired) electrons. The Morgan fingerprint density at radius 2 is 1.90 bits per heavy atom. The largest absolute Gasteiger partial charge is 0.481 e. The predicted molar refractivity (Wildman–Crippen MR) is 78.6 cm³/mol. The number of hydrogen-bond donors (Lipinski definition) is 2. The van der Waals surface area contributed by atoms with Crippen LogP contribution in [0.15, 0.2) is 24.3 Å². The van der Waals surface area contributed by atoms with Gasteiger partial charge in [-0.05, 0) is 24.3 Å². The third-order valence-corrected chi connectivity index (χ3v) is 3.50. The molecule has 0 spiro atoms. The fourth-order valence-electron chi connectivity index (χ4n) is 2.08. The van der Waals surface area contributed by atoms with E-state index in [-0.39, 0.29) is 12.5 Å². The van der Waals surface area contributed by atoms with Crippen LogP contribution in [0.5, 0.6) is 0 Å². The lowest BCUT2D eigenvalue weighted by molar-refractivity contribution is -0.140. The summed E-state index contributed by atoms with van der Waals surface area (Å²) in [5.74, 6) is -1.77. The molecule has 1 heterocycles. The van der Waals surface area contributed by atoms with Crippen molar-refractivity contribution in [1.82, 2.24) is 5.32 Å². The van der Waals surface area contributed by atoms with E-state index < -0.39 is 11.9 Å². The summed E-state index contributed by atoms with van der Waals surface area (Å²) in [6.45, 7) is 4.82. The lowest BCUT2D eigenvalue weighted by atomic mass is 10.1. The van der Waals surface area contributed by atoms with E-state index in [0.717, 1.165) is 32.0 Å². The number of amides is 1. The molecule has 2 N–H and O–H groups in total. The lowest BCUT2D eigenvalue weighted by Gasteiger charge is -2.28. The van der Waals surface area contributed by atoms with Crippen molar-refractivity contribution in [1.29, 1.82) is 0 Å². The van der Waals surface area contributed by atoms with Crippen LogP contribution in [-0.2, 0) is 9.53 Å².